The van der Waals surface area contributed by atoms with Gasteiger partial charge >= 0.3 is 0 Å². The van der Waals surface area contributed by atoms with E-state index in [4.69, 9.17) is 0 Å². The van der Waals surface area contributed by atoms with E-state index in [2.05, 4.69) is 5.32 Å². The largest absolute Gasteiger partial charge is 0.360 e. The van der Waals surface area contributed by atoms with Gasteiger partial charge in [0, 0.05) is 24.6 Å². The molecule has 1 aromatic rings. The number of carbonyl (C=O) groups is 1. The molecule has 3 nitrogen and oxygen atoms in total. The first-order valence-electron chi connectivity index (χ1n) is 5.06. The fourth-order valence-electron chi connectivity index (χ4n) is 1.18. The molecule has 0 aliphatic heterocycles. The molecule has 1 N–H and O–H groups in total. The highest BCUT2D eigenvalue weighted by Gasteiger charge is 1.92. The van der Waals surface area contributed by atoms with Gasteiger partial charge in [-0.25, -0.2) is 0 Å². The van der Waals surface area contributed by atoms with Crippen LogP contribution in [0.4, 0.5) is 5.69 Å². The first kappa shape index (κ1) is 11.3. The zero-order valence-corrected chi connectivity index (χ0v) is 8.89. The minimum atomic E-state index is 0.746. The van der Waals surface area contributed by atoms with Crippen LogP contribution in [-0.4, -0.2) is 17.9 Å². The second-order valence-corrected chi connectivity index (χ2v) is 3.17. The molecule has 80 valence electrons. The summed E-state index contributed by atoms with van der Waals surface area (Å²) in [6.45, 7) is 2.78. The van der Waals surface area contributed by atoms with Gasteiger partial charge in [-0.1, -0.05) is 25.1 Å². The van der Waals surface area contributed by atoms with E-state index < -0.39 is 0 Å². The highest BCUT2D eigenvalue weighted by atomic mass is 16.1. The van der Waals surface area contributed by atoms with Gasteiger partial charge in [0.25, 0.3) is 0 Å². The average Bonchev–Trinajstić information content (AvgIpc) is 2.29. The van der Waals surface area contributed by atoms with Crippen molar-refractivity contribution >= 4 is 12.1 Å². The molecule has 0 bridgehead atoms. The fraction of sp³-hybridized carbons (Fsp3) is 0.250. The molecule has 0 aliphatic carbocycles. The van der Waals surface area contributed by atoms with Crippen molar-refractivity contribution in [2.24, 2.45) is 0 Å². The van der Waals surface area contributed by atoms with Crippen molar-refractivity contribution in [1.29, 1.82) is 0 Å². The topological polar surface area (TPSA) is 32.3 Å². The Morgan fingerprint density at radius 1 is 1.33 bits per heavy atom. The van der Waals surface area contributed by atoms with Crippen LogP contribution in [0.5, 0.6) is 0 Å². The van der Waals surface area contributed by atoms with Crippen molar-refractivity contribution in [3.63, 3.8) is 0 Å². The Morgan fingerprint density at radius 2 is 2.07 bits per heavy atom. The first-order valence-corrected chi connectivity index (χ1v) is 5.06. The second kappa shape index (κ2) is 6.65. The first-order chi connectivity index (χ1) is 7.36. The van der Waals surface area contributed by atoms with Crippen molar-refractivity contribution < 1.29 is 4.79 Å². The Balaban J connectivity index is 2.41. The van der Waals surface area contributed by atoms with Gasteiger partial charge in [-0.15, -0.1) is 0 Å². The lowest BCUT2D eigenvalue weighted by molar-refractivity contribution is -0.115. The molecule has 15 heavy (non-hydrogen) atoms. The molecule has 0 radical (unpaired) electrons. The molecule has 1 aromatic carbocycles. The minimum Gasteiger partial charge on any atom is -0.360 e. The fourth-order valence-corrected chi connectivity index (χ4v) is 1.18. The summed E-state index contributed by atoms with van der Waals surface area (Å²) in [5.41, 5.74) is 1.01. The van der Waals surface area contributed by atoms with Crippen LogP contribution in [0.2, 0.25) is 0 Å². The number of benzene rings is 1. The molecule has 3 heteroatoms. The summed E-state index contributed by atoms with van der Waals surface area (Å²) in [6, 6.07) is 9.81. The predicted molar refractivity (Wildman–Crippen MR) is 62.3 cm³/mol. The molecule has 0 saturated carbocycles. The number of para-hydroxylation sites is 1. The van der Waals surface area contributed by atoms with Crippen LogP contribution < -0.4 is 5.32 Å². The summed E-state index contributed by atoms with van der Waals surface area (Å²) in [4.78, 5) is 12.2. The Labute approximate surface area is 90.4 Å². The zero-order chi connectivity index (χ0) is 10.9. The number of anilines is 1. The maximum Gasteiger partial charge on any atom is 0.213 e. The quantitative estimate of drug-likeness (QED) is 0.722. The third kappa shape index (κ3) is 4.31. The Morgan fingerprint density at radius 3 is 2.67 bits per heavy atom. The van der Waals surface area contributed by atoms with Gasteiger partial charge < -0.3 is 10.2 Å². The molecule has 0 saturated heterocycles. The molecule has 0 atom stereocenters. The number of hydrogen-bond acceptors (Lipinski definition) is 2. The highest BCUT2D eigenvalue weighted by molar-refractivity contribution is 5.50. The smallest absolute Gasteiger partial charge is 0.213 e. The van der Waals surface area contributed by atoms with E-state index in [1.54, 1.807) is 17.3 Å². The van der Waals surface area contributed by atoms with Crippen LogP contribution in [0.1, 0.15) is 13.3 Å². The molecular formula is C12H16N2O. The van der Waals surface area contributed by atoms with Gasteiger partial charge in [0.05, 0.1) is 0 Å². The van der Waals surface area contributed by atoms with Crippen molar-refractivity contribution in [3.05, 3.63) is 42.7 Å². The Hall–Kier alpha value is -1.77. The van der Waals surface area contributed by atoms with E-state index in [-0.39, 0.29) is 0 Å². The van der Waals surface area contributed by atoms with E-state index >= 15 is 0 Å². The van der Waals surface area contributed by atoms with Gasteiger partial charge in [-0.3, -0.25) is 4.79 Å². The maximum atomic E-state index is 10.6. The Bertz CT molecular complexity index is 309. The van der Waals surface area contributed by atoms with Crippen molar-refractivity contribution in [3.8, 4) is 0 Å². The number of nitrogens with zero attached hydrogens (tertiary/aromatic N) is 1. The van der Waals surface area contributed by atoms with Crippen LogP contribution in [-0.2, 0) is 4.79 Å². The van der Waals surface area contributed by atoms with Crippen LogP contribution in [0.3, 0.4) is 0 Å². The second-order valence-electron chi connectivity index (χ2n) is 3.17. The molecular weight excluding hydrogens is 188 g/mol. The summed E-state index contributed by atoms with van der Waals surface area (Å²) < 4.78 is 0. The molecule has 0 heterocycles. The number of hydrogen-bond donors (Lipinski definition) is 1. The molecule has 0 fully saturated rings. The molecule has 0 aromatic heterocycles. The van der Waals surface area contributed by atoms with E-state index in [0.717, 1.165) is 25.1 Å². The number of carbonyl (C=O) groups excluding carboxylic acids is 1. The van der Waals surface area contributed by atoms with Crippen LogP contribution >= 0.6 is 0 Å². The van der Waals surface area contributed by atoms with Crippen molar-refractivity contribution in [1.82, 2.24) is 4.90 Å². The molecule has 0 aliphatic rings. The molecule has 0 unspecified atom stereocenters. The van der Waals surface area contributed by atoms with Gasteiger partial charge in [0.15, 0.2) is 0 Å². The van der Waals surface area contributed by atoms with Gasteiger partial charge in [-0.2, -0.15) is 0 Å². The number of amides is 1. The van der Waals surface area contributed by atoms with Crippen molar-refractivity contribution in [2.45, 2.75) is 13.3 Å². The van der Waals surface area contributed by atoms with E-state index in [1.807, 2.05) is 37.3 Å². The standard InChI is InChI=1S/C12H16N2O/c1-2-9-14(11-15)10-8-13-12-6-4-3-5-7-12/h3-8,10-11,13H,2,9H2,1H3. The average molecular weight is 204 g/mol. The molecule has 1 amide bonds. The number of rotatable bonds is 6. The van der Waals surface area contributed by atoms with Crippen molar-refractivity contribution in [2.75, 3.05) is 11.9 Å². The Kier molecular flexibility index (Phi) is 5.01. The third-order valence-electron chi connectivity index (χ3n) is 1.91. The molecule has 0 spiro atoms. The zero-order valence-electron chi connectivity index (χ0n) is 8.89. The predicted octanol–water partition coefficient (Wildman–Crippen LogP) is 2.44. The minimum absolute atomic E-state index is 0.746. The lowest BCUT2D eigenvalue weighted by atomic mass is 10.3. The summed E-state index contributed by atoms with van der Waals surface area (Å²) in [5, 5.41) is 3.09. The summed E-state index contributed by atoms with van der Waals surface area (Å²) >= 11 is 0. The molecule has 1 rings (SSSR count). The van der Waals surface area contributed by atoms with Gasteiger partial charge in [0.1, 0.15) is 0 Å². The van der Waals surface area contributed by atoms with Crippen LogP contribution in [0, 0.1) is 0 Å². The number of nitrogens with one attached hydrogen (secondary N) is 1. The SMILES string of the molecule is CCCN(C=O)C=CNc1ccccc1. The highest BCUT2D eigenvalue weighted by Crippen LogP contribution is 2.04. The maximum absolute atomic E-state index is 10.6. The van der Waals surface area contributed by atoms with Crippen LogP contribution in [0.15, 0.2) is 42.7 Å². The van der Waals surface area contributed by atoms with E-state index in [0.29, 0.717) is 0 Å². The third-order valence-corrected chi connectivity index (χ3v) is 1.91. The monoisotopic (exact) mass is 204 g/mol. The summed E-state index contributed by atoms with van der Waals surface area (Å²) in [6.07, 6.45) is 5.28. The summed E-state index contributed by atoms with van der Waals surface area (Å²) in [5.74, 6) is 0. The van der Waals surface area contributed by atoms with E-state index in [9.17, 15) is 4.79 Å². The summed E-state index contributed by atoms with van der Waals surface area (Å²) in [7, 11) is 0. The lowest BCUT2D eigenvalue weighted by Gasteiger charge is -2.09. The normalized spacial score (nSPS) is 10.2. The van der Waals surface area contributed by atoms with Crippen LogP contribution in [0.25, 0.3) is 0 Å². The van der Waals surface area contributed by atoms with E-state index in [1.165, 1.54) is 0 Å². The lowest BCUT2D eigenvalue weighted by Crippen LogP contribution is -2.15. The van der Waals surface area contributed by atoms with Gasteiger partial charge in [0.2, 0.25) is 6.41 Å². The van der Waals surface area contributed by atoms with Gasteiger partial charge in [-0.05, 0) is 18.6 Å².